The average Bonchev–Trinajstić information content (AvgIpc) is 2.21. The number of hydrogen-bond donors (Lipinski definition) is 2. The van der Waals surface area contributed by atoms with Gasteiger partial charge in [-0.2, -0.15) is 0 Å². The lowest BCUT2D eigenvalue weighted by Gasteiger charge is -2.24. The van der Waals surface area contributed by atoms with E-state index < -0.39 is 5.54 Å². The monoisotopic (exact) mass is 260 g/mol. The lowest BCUT2D eigenvalue weighted by atomic mass is 10.0. The first-order chi connectivity index (χ1) is 7.35. The number of benzene rings is 1. The summed E-state index contributed by atoms with van der Waals surface area (Å²) in [7, 11) is 0. The minimum absolute atomic E-state index is 0. The molecule has 0 spiro atoms. The van der Waals surface area contributed by atoms with Crippen molar-refractivity contribution in [1.29, 1.82) is 0 Å². The van der Waals surface area contributed by atoms with Crippen molar-refractivity contribution < 1.29 is 9.18 Å². The van der Waals surface area contributed by atoms with E-state index in [9.17, 15) is 9.18 Å². The maximum absolute atomic E-state index is 13.0. The number of carbonyl (C=O) groups excluding carboxylic acids is 1. The first-order valence-electron chi connectivity index (χ1n) is 5.14. The van der Waals surface area contributed by atoms with Gasteiger partial charge in [-0.1, -0.05) is 0 Å². The zero-order chi connectivity index (χ0) is 12.3. The van der Waals surface area contributed by atoms with Gasteiger partial charge >= 0.3 is 0 Å². The highest BCUT2D eigenvalue weighted by atomic mass is 35.5. The summed E-state index contributed by atoms with van der Waals surface area (Å²) < 4.78 is 13.0. The third-order valence-electron chi connectivity index (χ3n) is 2.38. The van der Waals surface area contributed by atoms with Crippen molar-refractivity contribution in [3.63, 3.8) is 0 Å². The van der Waals surface area contributed by atoms with Crippen LogP contribution < -0.4 is 11.1 Å². The van der Waals surface area contributed by atoms with E-state index in [1.54, 1.807) is 6.92 Å². The third-order valence-corrected chi connectivity index (χ3v) is 2.38. The smallest absolute Gasteiger partial charge is 0.251 e. The second-order valence-electron chi connectivity index (χ2n) is 4.51. The van der Waals surface area contributed by atoms with Crippen LogP contribution in [0.25, 0.3) is 0 Å². The molecule has 1 amide bonds. The fourth-order valence-electron chi connectivity index (χ4n) is 1.22. The van der Waals surface area contributed by atoms with Gasteiger partial charge in [0.15, 0.2) is 0 Å². The predicted octanol–water partition coefficient (Wildman–Crippen LogP) is 2.02. The number of carbonyl (C=O) groups is 1. The van der Waals surface area contributed by atoms with Crippen molar-refractivity contribution >= 4 is 18.3 Å². The van der Waals surface area contributed by atoms with E-state index in [0.717, 1.165) is 0 Å². The van der Waals surface area contributed by atoms with Crippen LogP contribution in [0.4, 0.5) is 4.39 Å². The molecule has 3 nitrogen and oxygen atoms in total. The number of aryl methyl sites for hydroxylation is 1. The van der Waals surface area contributed by atoms with Crippen molar-refractivity contribution in [2.75, 3.05) is 6.54 Å². The van der Waals surface area contributed by atoms with Gasteiger partial charge in [-0.25, -0.2) is 4.39 Å². The number of hydrogen-bond acceptors (Lipinski definition) is 2. The molecule has 3 N–H and O–H groups in total. The Balaban J connectivity index is 0.00000256. The normalized spacial score (nSPS) is 10.6. The molecule has 1 aromatic carbocycles. The van der Waals surface area contributed by atoms with Crippen LogP contribution >= 0.6 is 12.4 Å². The molecule has 0 aliphatic rings. The maximum Gasteiger partial charge on any atom is 0.251 e. The summed E-state index contributed by atoms with van der Waals surface area (Å²) in [6.45, 7) is 5.64. The molecule has 0 bridgehead atoms. The number of halogens is 2. The Kier molecular flexibility index (Phi) is 5.58. The van der Waals surface area contributed by atoms with Crippen LogP contribution in [-0.4, -0.2) is 18.0 Å². The van der Waals surface area contributed by atoms with Gasteiger partial charge < -0.3 is 11.1 Å². The SMILES string of the molecule is Cc1cc(C(=O)NC(C)(C)CN)ccc1F.Cl. The van der Waals surface area contributed by atoms with E-state index in [0.29, 0.717) is 17.7 Å². The molecule has 5 heteroatoms. The zero-order valence-corrected chi connectivity index (χ0v) is 11.0. The molecule has 0 radical (unpaired) electrons. The fourth-order valence-corrected chi connectivity index (χ4v) is 1.22. The van der Waals surface area contributed by atoms with Gasteiger partial charge in [0.25, 0.3) is 5.91 Å². The average molecular weight is 261 g/mol. The number of amides is 1. The third kappa shape index (κ3) is 4.32. The number of nitrogens with one attached hydrogen (secondary N) is 1. The largest absolute Gasteiger partial charge is 0.346 e. The summed E-state index contributed by atoms with van der Waals surface area (Å²) in [5.74, 6) is -0.548. The Morgan fingerprint density at radius 1 is 1.47 bits per heavy atom. The van der Waals surface area contributed by atoms with Crippen molar-refractivity contribution in [2.45, 2.75) is 26.3 Å². The predicted molar refractivity (Wildman–Crippen MR) is 69.0 cm³/mol. The Labute approximate surface area is 107 Å². The summed E-state index contributed by atoms with van der Waals surface area (Å²) >= 11 is 0. The molecule has 0 aromatic heterocycles. The molecular weight excluding hydrogens is 243 g/mol. The van der Waals surface area contributed by atoms with Crippen LogP contribution in [0.3, 0.4) is 0 Å². The van der Waals surface area contributed by atoms with E-state index in [1.165, 1.54) is 18.2 Å². The van der Waals surface area contributed by atoms with E-state index in [-0.39, 0.29) is 24.1 Å². The van der Waals surface area contributed by atoms with Gasteiger partial charge in [0.1, 0.15) is 5.82 Å². The second-order valence-corrected chi connectivity index (χ2v) is 4.51. The van der Waals surface area contributed by atoms with Gasteiger partial charge in [0, 0.05) is 17.6 Å². The summed E-state index contributed by atoms with van der Waals surface area (Å²) in [6.07, 6.45) is 0. The first-order valence-corrected chi connectivity index (χ1v) is 5.14. The van der Waals surface area contributed by atoms with E-state index in [1.807, 2.05) is 13.8 Å². The quantitative estimate of drug-likeness (QED) is 0.874. The van der Waals surface area contributed by atoms with E-state index in [4.69, 9.17) is 5.73 Å². The van der Waals surface area contributed by atoms with E-state index in [2.05, 4.69) is 5.32 Å². The molecule has 1 rings (SSSR count). The topological polar surface area (TPSA) is 55.1 Å². The molecule has 0 saturated heterocycles. The van der Waals surface area contributed by atoms with Crippen molar-refractivity contribution in [1.82, 2.24) is 5.32 Å². The van der Waals surface area contributed by atoms with Gasteiger partial charge in [-0.05, 0) is 44.5 Å². The van der Waals surface area contributed by atoms with Crippen LogP contribution in [0, 0.1) is 12.7 Å². The van der Waals surface area contributed by atoms with Crippen molar-refractivity contribution in [3.8, 4) is 0 Å². The molecule has 0 atom stereocenters. The van der Waals surface area contributed by atoms with Crippen molar-refractivity contribution in [2.24, 2.45) is 5.73 Å². The van der Waals surface area contributed by atoms with Gasteiger partial charge in [0.05, 0.1) is 0 Å². The van der Waals surface area contributed by atoms with Crippen LogP contribution in [0.5, 0.6) is 0 Å². The van der Waals surface area contributed by atoms with E-state index >= 15 is 0 Å². The van der Waals surface area contributed by atoms with Crippen LogP contribution in [0.15, 0.2) is 18.2 Å². The zero-order valence-electron chi connectivity index (χ0n) is 10.2. The van der Waals surface area contributed by atoms with Crippen LogP contribution in [-0.2, 0) is 0 Å². The fraction of sp³-hybridized carbons (Fsp3) is 0.417. The van der Waals surface area contributed by atoms with Crippen molar-refractivity contribution in [3.05, 3.63) is 35.1 Å². The maximum atomic E-state index is 13.0. The Hall–Kier alpha value is -1.13. The summed E-state index contributed by atoms with van der Waals surface area (Å²) in [5.41, 5.74) is 5.95. The highest BCUT2D eigenvalue weighted by Gasteiger charge is 2.19. The highest BCUT2D eigenvalue weighted by Crippen LogP contribution is 2.10. The standard InChI is InChI=1S/C12H17FN2O.ClH/c1-8-6-9(4-5-10(8)13)11(16)15-12(2,3)7-14;/h4-6H,7,14H2,1-3H3,(H,15,16);1H. The molecule has 0 saturated carbocycles. The first kappa shape index (κ1) is 15.9. The summed E-state index contributed by atoms with van der Waals surface area (Å²) in [5, 5.41) is 2.78. The minimum atomic E-state index is -0.459. The van der Waals surface area contributed by atoms with Gasteiger partial charge in [0.2, 0.25) is 0 Å². The molecule has 0 heterocycles. The Bertz CT molecular complexity index is 407. The molecule has 0 fully saturated rings. The summed E-state index contributed by atoms with van der Waals surface area (Å²) in [4.78, 5) is 11.8. The molecule has 0 unspecified atom stereocenters. The molecular formula is C12H18ClFN2O. The number of rotatable bonds is 3. The second kappa shape index (κ2) is 5.98. The van der Waals surface area contributed by atoms with Gasteiger partial charge in [-0.15, -0.1) is 12.4 Å². The Morgan fingerprint density at radius 3 is 2.53 bits per heavy atom. The Morgan fingerprint density at radius 2 is 2.06 bits per heavy atom. The lowest BCUT2D eigenvalue weighted by Crippen LogP contribution is -2.48. The highest BCUT2D eigenvalue weighted by molar-refractivity contribution is 5.94. The molecule has 0 aliphatic heterocycles. The minimum Gasteiger partial charge on any atom is -0.346 e. The summed E-state index contributed by atoms with van der Waals surface area (Å²) in [6, 6.07) is 4.28. The number of nitrogens with two attached hydrogens (primary N) is 1. The molecule has 0 aliphatic carbocycles. The molecule has 17 heavy (non-hydrogen) atoms. The lowest BCUT2D eigenvalue weighted by molar-refractivity contribution is 0.0915. The van der Waals surface area contributed by atoms with Gasteiger partial charge in [-0.3, -0.25) is 4.79 Å². The van der Waals surface area contributed by atoms with Crippen LogP contribution in [0.1, 0.15) is 29.8 Å². The van der Waals surface area contributed by atoms with Crippen LogP contribution in [0.2, 0.25) is 0 Å². The molecule has 96 valence electrons. The molecule has 1 aromatic rings.